The van der Waals surface area contributed by atoms with Gasteiger partial charge in [0, 0.05) is 24.7 Å². The van der Waals surface area contributed by atoms with Crippen LogP contribution in [0.15, 0.2) is 0 Å². The molecule has 100 valence electrons. The van der Waals surface area contributed by atoms with Gasteiger partial charge in [-0.1, -0.05) is 39.5 Å². The minimum Gasteiger partial charge on any atom is -0.326 e. The Morgan fingerprint density at radius 1 is 1.00 bits per heavy atom. The quantitative estimate of drug-likeness (QED) is 0.815. The Hall–Kier alpha value is -0.0800. The van der Waals surface area contributed by atoms with Crippen molar-refractivity contribution in [2.24, 2.45) is 11.7 Å². The number of nitrogens with two attached hydrogens (primary N) is 1. The summed E-state index contributed by atoms with van der Waals surface area (Å²) in [6, 6.07) is 1.95. The topological polar surface area (TPSA) is 29.3 Å². The number of hydrogen-bond donors (Lipinski definition) is 1. The van der Waals surface area contributed by atoms with Gasteiger partial charge in [0.05, 0.1) is 0 Å². The van der Waals surface area contributed by atoms with E-state index in [4.69, 9.17) is 5.73 Å². The Kier molecular flexibility index (Phi) is 4.87. The van der Waals surface area contributed by atoms with Crippen LogP contribution in [0, 0.1) is 5.92 Å². The van der Waals surface area contributed by atoms with Crippen molar-refractivity contribution in [3.8, 4) is 0 Å². The third-order valence-corrected chi connectivity index (χ3v) is 4.58. The highest BCUT2D eigenvalue weighted by Crippen LogP contribution is 2.31. The van der Waals surface area contributed by atoms with Gasteiger partial charge in [0.25, 0.3) is 0 Å². The van der Waals surface area contributed by atoms with Crippen molar-refractivity contribution >= 4 is 0 Å². The van der Waals surface area contributed by atoms with Crippen molar-refractivity contribution in [2.45, 2.75) is 83.3 Å². The van der Waals surface area contributed by atoms with E-state index in [0.717, 1.165) is 12.0 Å². The zero-order chi connectivity index (χ0) is 12.3. The largest absolute Gasteiger partial charge is 0.326 e. The highest BCUT2D eigenvalue weighted by Gasteiger charge is 2.33. The number of rotatable bonds is 4. The van der Waals surface area contributed by atoms with Gasteiger partial charge in [-0.15, -0.1) is 0 Å². The van der Waals surface area contributed by atoms with Crippen LogP contribution in [0.4, 0.5) is 0 Å². The molecule has 2 N–H and O–H groups in total. The molecule has 2 atom stereocenters. The molecule has 0 bridgehead atoms. The summed E-state index contributed by atoms with van der Waals surface area (Å²) in [6.45, 7) is 5.94. The van der Waals surface area contributed by atoms with Gasteiger partial charge in [0.15, 0.2) is 0 Å². The normalized spacial score (nSPS) is 31.6. The average Bonchev–Trinajstić information content (AvgIpc) is 2.80. The van der Waals surface area contributed by atoms with E-state index in [1.54, 1.807) is 0 Å². The minimum atomic E-state index is 0.433. The van der Waals surface area contributed by atoms with Crippen LogP contribution < -0.4 is 5.73 Å². The molecule has 2 fully saturated rings. The fraction of sp³-hybridized carbons (Fsp3) is 1.00. The van der Waals surface area contributed by atoms with Crippen molar-refractivity contribution < 1.29 is 0 Å². The maximum atomic E-state index is 6.38. The first-order chi connectivity index (χ1) is 8.18. The highest BCUT2D eigenvalue weighted by molar-refractivity contribution is 4.91. The molecule has 0 aromatic carbocycles. The summed E-state index contributed by atoms with van der Waals surface area (Å²) in [4.78, 5) is 2.79. The fourth-order valence-electron chi connectivity index (χ4n) is 3.76. The molecule has 2 aliphatic rings. The van der Waals surface area contributed by atoms with Crippen LogP contribution in [-0.2, 0) is 0 Å². The van der Waals surface area contributed by atoms with Crippen molar-refractivity contribution in [1.82, 2.24) is 4.90 Å². The molecule has 2 saturated carbocycles. The van der Waals surface area contributed by atoms with E-state index in [-0.39, 0.29) is 0 Å². The van der Waals surface area contributed by atoms with Crippen molar-refractivity contribution in [2.75, 3.05) is 6.54 Å². The first-order valence-electron chi connectivity index (χ1n) is 7.70. The summed E-state index contributed by atoms with van der Waals surface area (Å²) in [5.74, 6) is 0.768. The molecular formula is C15H30N2. The van der Waals surface area contributed by atoms with E-state index in [1.165, 1.54) is 57.9 Å². The van der Waals surface area contributed by atoms with Gasteiger partial charge in [0.2, 0.25) is 0 Å². The molecule has 2 rings (SSSR count). The van der Waals surface area contributed by atoms with E-state index in [9.17, 15) is 0 Å². The van der Waals surface area contributed by atoms with E-state index >= 15 is 0 Å². The summed E-state index contributed by atoms with van der Waals surface area (Å²) in [6.07, 6.45) is 11.0. The van der Waals surface area contributed by atoms with Crippen molar-refractivity contribution in [1.29, 1.82) is 0 Å². The van der Waals surface area contributed by atoms with Crippen molar-refractivity contribution in [3.05, 3.63) is 0 Å². The smallest absolute Gasteiger partial charge is 0.0250 e. The van der Waals surface area contributed by atoms with Crippen molar-refractivity contribution in [3.63, 3.8) is 0 Å². The molecule has 0 aromatic rings. The second-order valence-electron chi connectivity index (χ2n) is 6.54. The van der Waals surface area contributed by atoms with E-state index < -0.39 is 0 Å². The summed E-state index contributed by atoms with van der Waals surface area (Å²) in [7, 11) is 0. The molecule has 0 spiro atoms. The van der Waals surface area contributed by atoms with Gasteiger partial charge < -0.3 is 5.73 Å². The molecule has 2 nitrogen and oxygen atoms in total. The van der Waals surface area contributed by atoms with Crippen LogP contribution in [0.3, 0.4) is 0 Å². The molecule has 2 unspecified atom stereocenters. The number of nitrogens with zero attached hydrogens (tertiary/aromatic N) is 1. The lowest BCUT2D eigenvalue weighted by Crippen LogP contribution is -2.53. The van der Waals surface area contributed by atoms with Crippen LogP contribution >= 0.6 is 0 Å². The maximum absolute atomic E-state index is 6.38. The molecule has 2 aliphatic carbocycles. The van der Waals surface area contributed by atoms with Gasteiger partial charge >= 0.3 is 0 Å². The average molecular weight is 238 g/mol. The molecule has 17 heavy (non-hydrogen) atoms. The minimum absolute atomic E-state index is 0.433. The SMILES string of the molecule is CC(C)CN(C1CCCC1)C1CCCCC1N. The van der Waals surface area contributed by atoms with E-state index in [2.05, 4.69) is 18.7 Å². The molecule has 0 aromatic heterocycles. The Balaban J connectivity index is 2.01. The third kappa shape index (κ3) is 3.45. The summed E-state index contributed by atoms with van der Waals surface area (Å²) >= 11 is 0. The van der Waals surface area contributed by atoms with Crippen LogP contribution in [0.1, 0.15) is 65.2 Å². The van der Waals surface area contributed by atoms with E-state index in [0.29, 0.717) is 12.1 Å². The van der Waals surface area contributed by atoms with Crippen LogP contribution in [0.2, 0.25) is 0 Å². The Labute approximate surface area is 107 Å². The maximum Gasteiger partial charge on any atom is 0.0250 e. The van der Waals surface area contributed by atoms with Gasteiger partial charge in [-0.25, -0.2) is 0 Å². The lowest BCUT2D eigenvalue weighted by molar-refractivity contribution is 0.0789. The second-order valence-corrected chi connectivity index (χ2v) is 6.54. The fourth-order valence-corrected chi connectivity index (χ4v) is 3.76. The number of hydrogen-bond acceptors (Lipinski definition) is 2. The Bertz CT molecular complexity index is 221. The van der Waals surface area contributed by atoms with Gasteiger partial charge in [-0.3, -0.25) is 4.90 Å². The lowest BCUT2D eigenvalue weighted by Gasteiger charge is -2.42. The zero-order valence-electron chi connectivity index (χ0n) is 11.7. The van der Waals surface area contributed by atoms with E-state index in [1.807, 2.05) is 0 Å². The Morgan fingerprint density at radius 3 is 2.18 bits per heavy atom. The molecule has 2 heteroatoms. The molecule has 0 aliphatic heterocycles. The highest BCUT2D eigenvalue weighted by atomic mass is 15.2. The standard InChI is InChI=1S/C15H30N2/c1-12(2)11-17(13-7-3-4-8-13)15-10-6-5-9-14(15)16/h12-15H,3-11,16H2,1-2H3. The molecule has 0 radical (unpaired) electrons. The summed E-state index contributed by atoms with van der Waals surface area (Å²) < 4.78 is 0. The molecular weight excluding hydrogens is 208 g/mol. The first-order valence-corrected chi connectivity index (χ1v) is 7.70. The predicted octanol–water partition coefficient (Wildman–Crippen LogP) is 3.16. The summed E-state index contributed by atoms with van der Waals surface area (Å²) in [5.41, 5.74) is 6.38. The van der Waals surface area contributed by atoms with Crippen LogP contribution in [0.5, 0.6) is 0 Å². The predicted molar refractivity (Wildman–Crippen MR) is 74.0 cm³/mol. The second kappa shape index (κ2) is 6.19. The molecule has 0 heterocycles. The van der Waals surface area contributed by atoms with Gasteiger partial charge in [-0.2, -0.15) is 0 Å². The van der Waals surface area contributed by atoms with Gasteiger partial charge in [-0.05, 0) is 31.6 Å². The summed E-state index contributed by atoms with van der Waals surface area (Å²) in [5, 5.41) is 0. The van der Waals surface area contributed by atoms with Gasteiger partial charge in [0.1, 0.15) is 0 Å². The molecule has 0 saturated heterocycles. The zero-order valence-corrected chi connectivity index (χ0v) is 11.7. The van der Waals surface area contributed by atoms with Crippen LogP contribution in [0.25, 0.3) is 0 Å². The Morgan fingerprint density at radius 2 is 1.59 bits per heavy atom. The third-order valence-electron chi connectivity index (χ3n) is 4.58. The van der Waals surface area contributed by atoms with Crippen LogP contribution in [-0.4, -0.2) is 29.6 Å². The first kappa shape index (κ1) is 13.4. The lowest BCUT2D eigenvalue weighted by atomic mass is 9.88. The molecule has 0 amide bonds. The monoisotopic (exact) mass is 238 g/mol.